The van der Waals surface area contributed by atoms with Gasteiger partial charge in [-0.15, -0.1) is 11.3 Å². The number of anilines is 2. The minimum absolute atomic E-state index is 0.655. The van der Waals surface area contributed by atoms with Crippen LogP contribution in [0, 0.1) is 0 Å². The summed E-state index contributed by atoms with van der Waals surface area (Å²) >= 11 is 1.48. The van der Waals surface area contributed by atoms with E-state index in [2.05, 4.69) is 30.5 Å². The van der Waals surface area contributed by atoms with Gasteiger partial charge < -0.3 is 10.1 Å². The smallest absolute Gasteiger partial charge is 0.161 e. The van der Waals surface area contributed by atoms with E-state index >= 15 is 0 Å². The van der Waals surface area contributed by atoms with E-state index in [0.29, 0.717) is 11.6 Å². The number of rotatable bonds is 3. The van der Waals surface area contributed by atoms with E-state index in [9.17, 15) is 0 Å². The Labute approximate surface area is 123 Å². The molecule has 0 radical (unpaired) electrons. The van der Waals surface area contributed by atoms with Crippen molar-refractivity contribution in [3.05, 3.63) is 30.2 Å². The number of methoxy groups -OCH3 is 1. The molecule has 0 bridgehead atoms. The average Bonchev–Trinajstić information content (AvgIpc) is 3.15. The van der Waals surface area contributed by atoms with E-state index in [1.54, 1.807) is 18.8 Å². The quantitative estimate of drug-likeness (QED) is 0.604. The molecule has 0 atom stereocenters. The molecule has 104 valence electrons. The van der Waals surface area contributed by atoms with Crippen LogP contribution in [-0.4, -0.2) is 32.3 Å². The number of thiazole rings is 1. The highest BCUT2D eigenvalue weighted by molar-refractivity contribution is 7.16. The Morgan fingerprint density at radius 2 is 2.19 bits per heavy atom. The molecule has 3 aromatic heterocycles. The second kappa shape index (κ2) is 4.67. The zero-order chi connectivity index (χ0) is 14.2. The number of nitrogens with one attached hydrogen (secondary N) is 2. The summed E-state index contributed by atoms with van der Waals surface area (Å²) in [5, 5.41) is 11.2. The third kappa shape index (κ3) is 1.96. The molecule has 3 heterocycles. The Morgan fingerprint density at radius 3 is 3.10 bits per heavy atom. The van der Waals surface area contributed by atoms with E-state index in [1.165, 1.54) is 17.7 Å². The summed E-state index contributed by atoms with van der Waals surface area (Å²) in [7, 11) is 1.63. The first-order valence-electron chi connectivity index (χ1n) is 6.17. The number of aromatic nitrogens is 5. The number of aromatic amines is 1. The fourth-order valence-electron chi connectivity index (χ4n) is 2.15. The van der Waals surface area contributed by atoms with Crippen LogP contribution in [0.3, 0.4) is 0 Å². The molecule has 1 aromatic carbocycles. The number of hydrogen-bond donors (Lipinski definition) is 2. The minimum atomic E-state index is 0.655. The van der Waals surface area contributed by atoms with Crippen LogP contribution in [0.4, 0.5) is 11.5 Å². The number of hydrogen-bond acceptors (Lipinski definition) is 7. The van der Waals surface area contributed by atoms with Crippen molar-refractivity contribution < 1.29 is 4.74 Å². The summed E-state index contributed by atoms with van der Waals surface area (Å²) in [5.41, 5.74) is 4.22. The molecule has 0 saturated carbocycles. The fraction of sp³-hybridized carbons (Fsp3) is 0.0769. The number of nitrogens with zero attached hydrogens (tertiary/aromatic N) is 4. The topological polar surface area (TPSA) is 88.6 Å². The highest BCUT2D eigenvalue weighted by Crippen LogP contribution is 2.33. The third-order valence-electron chi connectivity index (χ3n) is 3.15. The van der Waals surface area contributed by atoms with Gasteiger partial charge in [0.15, 0.2) is 5.82 Å². The van der Waals surface area contributed by atoms with Crippen molar-refractivity contribution in [2.45, 2.75) is 0 Å². The Bertz CT molecular complexity index is 931. The summed E-state index contributed by atoms with van der Waals surface area (Å²) in [6.07, 6.45) is 3.28. The predicted molar refractivity (Wildman–Crippen MR) is 81.1 cm³/mol. The molecule has 0 unspecified atom stereocenters. The van der Waals surface area contributed by atoms with Crippen molar-refractivity contribution in [3.8, 4) is 5.75 Å². The standard InChI is InChI=1S/C13H10N6OS/c1-20-10-3-8-7(4-17-19-8)2-9(10)18-12-11-13(15-5-14-12)21-6-16-11/h2-6H,1H3,(H,17,19)(H,14,15,18). The molecular weight excluding hydrogens is 288 g/mol. The molecule has 21 heavy (non-hydrogen) atoms. The maximum atomic E-state index is 5.42. The van der Waals surface area contributed by atoms with Crippen LogP contribution in [-0.2, 0) is 0 Å². The van der Waals surface area contributed by atoms with Gasteiger partial charge in [-0.05, 0) is 6.07 Å². The number of H-pyrrole nitrogens is 1. The van der Waals surface area contributed by atoms with Gasteiger partial charge in [0, 0.05) is 11.5 Å². The van der Waals surface area contributed by atoms with Crippen LogP contribution in [0.15, 0.2) is 30.2 Å². The van der Waals surface area contributed by atoms with Crippen LogP contribution in [0.25, 0.3) is 21.3 Å². The Kier molecular flexibility index (Phi) is 2.68. The van der Waals surface area contributed by atoms with Crippen LogP contribution in [0.5, 0.6) is 5.75 Å². The highest BCUT2D eigenvalue weighted by Gasteiger charge is 2.11. The van der Waals surface area contributed by atoms with Crippen LogP contribution in [0.1, 0.15) is 0 Å². The first-order chi connectivity index (χ1) is 10.3. The van der Waals surface area contributed by atoms with E-state index in [4.69, 9.17) is 4.74 Å². The molecule has 0 amide bonds. The first kappa shape index (κ1) is 12.0. The SMILES string of the molecule is COc1cc2[nH]ncc2cc1Nc1ncnc2scnc12. The molecule has 7 nitrogen and oxygen atoms in total. The molecule has 4 aromatic rings. The van der Waals surface area contributed by atoms with Crippen LogP contribution < -0.4 is 10.1 Å². The van der Waals surface area contributed by atoms with Gasteiger partial charge in [-0.25, -0.2) is 15.0 Å². The van der Waals surface area contributed by atoms with E-state index in [0.717, 1.165) is 26.9 Å². The van der Waals surface area contributed by atoms with Gasteiger partial charge in [0.1, 0.15) is 22.4 Å². The maximum absolute atomic E-state index is 5.42. The van der Waals surface area contributed by atoms with E-state index in [1.807, 2.05) is 12.1 Å². The van der Waals surface area contributed by atoms with Crippen molar-refractivity contribution in [1.29, 1.82) is 0 Å². The van der Waals surface area contributed by atoms with Gasteiger partial charge in [-0.1, -0.05) is 0 Å². The second-order valence-corrected chi connectivity index (χ2v) is 5.20. The lowest BCUT2D eigenvalue weighted by Crippen LogP contribution is -1.98. The lowest BCUT2D eigenvalue weighted by molar-refractivity contribution is 0.417. The molecule has 8 heteroatoms. The van der Waals surface area contributed by atoms with Gasteiger partial charge in [-0.2, -0.15) is 5.10 Å². The molecule has 0 fully saturated rings. The van der Waals surface area contributed by atoms with Crippen molar-refractivity contribution in [2.75, 3.05) is 12.4 Å². The number of benzene rings is 1. The summed E-state index contributed by atoms with van der Waals surface area (Å²) in [6.45, 7) is 0. The minimum Gasteiger partial charge on any atom is -0.494 e. The molecule has 0 aliphatic rings. The number of ether oxygens (including phenoxy) is 1. The Morgan fingerprint density at radius 1 is 1.24 bits per heavy atom. The molecule has 0 aliphatic heterocycles. The Balaban J connectivity index is 1.84. The van der Waals surface area contributed by atoms with Crippen molar-refractivity contribution in [1.82, 2.24) is 25.1 Å². The van der Waals surface area contributed by atoms with E-state index in [-0.39, 0.29) is 0 Å². The Hall–Kier alpha value is -2.74. The molecule has 0 spiro atoms. The predicted octanol–water partition coefficient (Wildman–Crippen LogP) is 2.71. The zero-order valence-corrected chi connectivity index (χ0v) is 11.8. The summed E-state index contributed by atoms with van der Waals surface area (Å²) in [5.74, 6) is 1.36. The van der Waals surface area contributed by atoms with Crippen molar-refractivity contribution in [2.24, 2.45) is 0 Å². The lowest BCUT2D eigenvalue weighted by Gasteiger charge is -2.10. The monoisotopic (exact) mass is 298 g/mol. The average molecular weight is 298 g/mol. The largest absolute Gasteiger partial charge is 0.494 e. The highest BCUT2D eigenvalue weighted by atomic mass is 32.1. The summed E-state index contributed by atoms with van der Waals surface area (Å²) in [6, 6.07) is 3.85. The van der Waals surface area contributed by atoms with Gasteiger partial charge in [0.25, 0.3) is 0 Å². The molecule has 0 aliphatic carbocycles. The zero-order valence-electron chi connectivity index (χ0n) is 11.0. The van der Waals surface area contributed by atoms with Crippen LogP contribution in [0.2, 0.25) is 0 Å². The molecule has 0 saturated heterocycles. The third-order valence-corrected chi connectivity index (χ3v) is 3.88. The second-order valence-electron chi connectivity index (χ2n) is 4.36. The molecule has 2 N–H and O–H groups in total. The van der Waals surface area contributed by atoms with E-state index < -0.39 is 0 Å². The maximum Gasteiger partial charge on any atom is 0.161 e. The van der Waals surface area contributed by atoms with Crippen molar-refractivity contribution in [3.63, 3.8) is 0 Å². The fourth-order valence-corrected chi connectivity index (χ4v) is 2.78. The summed E-state index contributed by atoms with van der Waals surface area (Å²) < 4.78 is 5.42. The molecular formula is C13H10N6OS. The van der Waals surface area contributed by atoms with Gasteiger partial charge in [-0.3, -0.25) is 5.10 Å². The first-order valence-corrected chi connectivity index (χ1v) is 7.05. The molecule has 4 rings (SSSR count). The van der Waals surface area contributed by atoms with Gasteiger partial charge in [0.2, 0.25) is 0 Å². The summed E-state index contributed by atoms with van der Waals surface area (Å²) in [4.78, 5) is 13.6. The van der Waals surface area contributed by atoms with Crippen molar-refractivity contribution >= 4 is 44.1 Å². The van der Waals surface area contributed by atoms with Gasteiger partial charge in [0.05, 0.1) is 30.0 Å². The van der Waals surface area contributed by atoms with Crippen LogP contribution >= 0.6 is 11.3 Å². The van der Waals surface area contributed by atoms with Gasteiger partial charge >= 0.3 is 0 Å². The normalized spacial score (nSPS) is 11.1. The lowest BCUT2D eigenvalue weighted by atomic mass is 10.2. The number of fused-ring (bicyclic) bond motifs is 2.